The van der Waals surface area contributed by atoms with E-state index in [1.807, 2.05) is 50.2 Å². The predicted molar refractivity (Wildman–Crippen MR) is 114 cm³/mol. The number of benzene rings is 2. The minimum Gasteiger partial charge on any atom is -0.497 e. The average molecular weight is 388 g/mol. The molecule has 6 nitrogen and oxygen atoms in total. The summed E-state index contributed by atoms with van der Waals surface area (Å²) in [7, 11) is 1.67. The van der Waals surface area contributed by atoms with Gasteiger partial charge in [0.2, 0.25) is 11.7 Å². The van der Waals surface area contributed by atoms with Gasteiger partial charge in [-0.1, -0.05) is 49.3 Å². The molecule has 4 rings (SSSR count). The first-order chi connectivity index (χ1) is 14.0. The first-order valence-electron chi connectivity index (χ1n) is 9.66. The molecule has 6 heteroatoms. The maximum Gasteiger partial charge on any atom is 0.229 e. The first kappa shape index (κ1) is 18.9. The lowest BCUT2D eigenvalue weighted by atomic mass is 10.1. The summed E-state index contributed by atoms with van der Waals surface area (Å²) in [6.07, 6.45) is 0. The molecule has 29 heavy (non-hydrogen) atoms. The summed E-state index contributed by atoms with van der Waals surface area (Å²) < 4.78 is 10.8. The van der Waals surface area contributed by atoms with Crippen LogP contribution in [-0.2, 0) is 6.54 Å². The lowest BCUT2D eigenvalue weighted by Crippen LogP contribution is -2.04. The molecular weight excluding hydrogens is 364 g/mol. The quantitative estimate of drug-likeness (QED) is 0.481. The van der Waals surface area contributed by atoms with Crippen LogP contribution in [0.25, 0.3) is 22.3 Å². The number of hydrogen-bond donors (Lipinski definition) is 1. The van der Waals surface area contributed by atoms with Crippen molar-refractivity contribution in [2.24, 2.45) is 0 Å². The van der Waals surface area contributed by atoms with Crippen LogP contribution in [0.1, 0.15) is 36.8 Å². The number of rotatable bonds is 6. The second kappa shape index (κ2) is 7.91. The molecule has 0 saturated carbocycles. The minimum absolute atomic E-state index is 0.167. The van der Waals surface area contributed by atoms with Crippen molar-refractivity contribution in [1.29, 1.82) is 0 Å². The SMILES string of the molecule is COc1cccc(CNc2nc3c(C)cccc3cc2-c2noc(C(C)C)n2)c1. The number of anilines is 1. The molecule has 0 aliphatic carbocycles. The Kier molecular flexibility index (Phi) is 5.16. The van der Waals surface area contributed by atoms with Gasteiger partial charge < -0.3 is 14.6 Å². The van der Waals surface area contributed by atoms with E-state index in [1.165, 1.54) is 0 Å². The summed E-state index contributed by atoms with van der Waals surface area (Å²) in [6, 6.07) is 16.2. The van der Waals surface area contributed by atoms with E-state index in [2.05, 4.69) is 34.5 Å². The first-order valence-corrected chi connectivity index (χ1v) is 9.66. The Morgan fingerprint density at radius 1 is 1.07 bits per heavy atom. The van der Waals surface area contributed by atoms with E-state index < -0.39 is 0 Å². The zero-order chi connectivity index (χ0) is 20.4. The van der Waals surface area contributed by atoms with E-state index in [4.69, 9.17) is 14.2 Å². The molecule has 148 valence electrons. The molecule has 0 fully saturated rings. The van der Waals surface area contributed by atoms with Crippen LogP contribution in [0.15, 0.2) is 53.1 Å². The molecule has 0 aliphatic rings. The third-order valence-corrected chi connectivity index (χ3v) is 4.82. The van der Waals surface area contributed by atoms with E-state index in [9.17, 15) is 0 Å². The summed E-state index contributed by atoms with van der Waals surface area (Å²) in [5, 5.41) is 8.69. The van der Waals surface area contributed by atoms with E-state index in [0.29, 0.717) is 18.3 Å². The number of para-hydroxylation sites is 1. The maximum atomic E-state index is 5.43. The van der Waals surface area contributed by atoms with Gasteiger partial charge in [0, 0.05) is 17.8 Å². The van der Waals surface area contributed by atoms with Gasteiger partial charge in [0.1, 0.15) is 11.6 Å². The van der Waals surface area contributed by atoms with Crippen molar-refractivity contribution in [3.05, 3.63) is 65.5 Å². The molecule has 0 radical (unpaired) electrons. The van der Waals surface area contributed by atoms with Crippen LogP contribution in [0.2, 0.25) is 0 Å². The van der Waals surface area contributed by atoms with Gasteiger partial charge in [0.25, 0.3) is 0 Å². The van der Waals surface area contributed by atoms with Crippen LogP contribution in [-0.4, -0.2) is 22.2 Å². The van der Waals surface area contributed by atoms with Gasteiger partial charge in [-0.3, -0.25) is 0 Å². The number of aryl methyl sites for hydroxylation is 1. The molecule has 4 aromatic rings. The molecule has 0 aliphatic heterocycles. The standard InChI is InChI=1S/C23H24N4O2/c1-14(2)23-26-22(27-29-23)19-12-17-9-5-7-15(3)20(17)25-21(19)24-13-16-8-6-10-18(11-16)28-4/h5-12,14H,13H2,1-4H3,(H,24,25). The van der Waals surface area contributed by atoms with E-state index >= 15 is 0 Å². The maximum absolute atomic E-state index is 5.43. The Balaban J connectivity index is 1.75. The van der Waals surface area contributed by atoms with Gasteiger partial charge >= 0.3 is 0 Å². The van der Waals surface area contributed by atoms with Crippen molar-refractivity contribution in [2.75, 3.05) is 12.4 Å². The molecule has 2 aromatic heterocycles. The van der Waals surface area contributed by atoms with E-state index in [1.54, 1.807) is 7.11 Å². The normalized spacial score (nSPS) is 11.2. The highest BCUT2D eigenvalue weighted by atomic mass is 16.5. The van der Waals surface area contributed by atoms with Crippen molar-refractivity contribution in [1.82, 2.24) is 15.1 Å². The Morgan fingerprint density at radius 3 is 2.66 bits per heavy atom. The van der Waals surface area contributed by atoms with Crippen molar-refractivity contribution in [2.45, 2.75) is 33.2 Å². The number of hydrogen-bond acceptors (Lipinski definition) is 6. The molecule has 0 bridgehead atoms. The third-order valence-electron chi connectivity index (χ3n) is 4.82. The van der Waals surface area contributed by atoms with Gasteiger partial charge in [-0.15, -0.1) is 0 Å². The van der Waals surface area contributed by atoms with Gasteiger partial charge in [-0.25, -0.2) is 4.98 Å². The number of pyridine rings is 1. The molecule has 2 heterocycles. The number of nitrogens with zero attached hydrogens (tertiary/aromatic N) is 3. The highest BCUT2D eigenvalue weighted by Crippen LogP contribution is 2.31. The van der Waals surface area contributed by atoms with Gasteiger partial charge in [0.05, 0.1) is 18.2 Å². The molecule has 1 N–H and O–H groups in total. The molecule has 2 aromatic carbocycles. The lowest BCUT2D eigenvalue weighted by Gasteiger charge is -2.12. The van der Waals surface area contributed by atoms with Gasteiger partial charge in [-0.2, -0.15) is 4.98 Å². The molecule has 0 atom stereocenters. The van der Waals surface area contributed by atoms with Crippen molar-refractivity contribution >= 4 is 16.7 Å². The number of ether oxygens (including phenoxy) is 1. The van der Waals surface area contributed by atoms with Crippen LogP contribution in [0.3, 0.4) is 0 Å². The molecule has 0 spiro atoms. The topological polar surface area (TPSA) is 73.1 Å². The zero-order valence-electron chi connectivity index (χ0n) is 17.1. The summed E-state index contributed by atoms with van der Waals surface area (Å²) in [5.41, 5.74) is 3.99. The summed E-state index contributed by atoms with van der Waals surface area (Å²) in [6.45, 7) is 6.72. The average Bonchev–Trinajstić information content (AvgIpc) is 3.23. The van der Waals surface area contributed by atoms with Crippen LogP contribution in [0, 0.1) is 6.92 Å². The number of aromatic nitrogens is 3. The van der Waals surface area contributed by atoms with Crippen molar-refractivity contribution in [3.63, 3.8) is 0 Å². The fourth-order valence-electron chi connectivity index (χ4n) is 3.20. The van der Waals surface area contributed by atoms with Gasteiger partial charge in [-0.05, 0) is 36.2 Å². The number of fused-ring (bicyclic) bond motifs is 1. The molecular formula is C23H24N4O2. The monoisotopic (exact) mass is 388 g/mol. The molecule has 0 unspecified atom stereocenters. The fraction of sp³-hybridized carbons (Fsp3) is 0.261. The number of methoxy groups -OCH3 is 1. The Labute approximate surface area is 169 Å². The summed E-state index contributed by atoms with van der Waals surface area (Å²) in [5.74, 6) is 2.87. The van der Waals surface area contributed by atoms with E-state index in [0.717, 1.165) is 39.2 Å². The van der Waals surface area contributed by atoms with Crippen molar-refractivity contribution in [3.8, 4) is 17.1 Å². The van der Waals surface area contributed by atoms with Crippen LogP contribution in [0.5, 0.6) is 5.75 Å². The Bertz CT molecular complexity index is 1150. The van der Waals surface area contributed by atoms with Crippen molar-refractivity contribution < 1.29 is 9.26 Å². The van der Waals surface area contributed by atoms with Crippen LogP contribution >= 0.6 is 0 Å². The number of nitrogens with one attached hydrogen (secondary N) is 1. The second-order valence-electron chi connectivity index (χ2n) is 7.35. The molecule has 0 saturated heterocycles. The second-order valence-corrected chi connectivity index (χ2v) is 7.35. The largest absolute Gasteiger partial charge is 0.497 e. The zero-order valence-corrected chi connectivity index (χ0v) is 17.1. The third kappa shape index (κ3) is 3.92. The molecule has 0 amide bonds. The highest BCUT2D eigenvalue weighted by molar-refractivity contribution is 5.89. The smallest absolute Gasteiger partial charge is 0.229 e. The highest BCUT2D eigenvalue weighted by Gasteiger charge is 2.17. The van der Waals surface area contributed by atoms with Crippen LogP contribution in [0.4, 0.5) is 5.82 Å². The predicted octanol–water partition coefficient (Wildman–Crippen LogP) is 5.34. The summed E-state index contributed by atoms with van der Waals surface area (Å²) >= 11 is 0. The fourth-order valence-corrected chi connectivity index (χ4v) is 3.20. The summed E-state index contributed by atoms with van der Waals surface area (Å²) in [4.78, 5) is 9.47. The Hall–Kier alpha value is -3.41. The lowest BCUT2D eigenvalue weighted by molar-refractivity contribution is 0.365. The Morgan fingerprint density at radius 2 is 1.90 bits per heavy atom. The van der Waals surface area contributed by atoms with Gasteiger partial charge in [0.15, 0.2) is 0 Å². The van der Waals surface area contributed by atoms with E-state index in [-0.39, 0.29) is 5.92 Å². The van der Waals surface area contributed by atoms with Crippen LogP contribution < -0.4 is 10.1 Å². The minimum atomic E-state index is 0.167.